The highest BCUT2D eigenvalue weighted by atomic mass is 32.1. The summed E-state index contributed by atoms with van der Waals surface area (Å²) in [4.78, 5) is 17.4. The Bertz CT molecular complexity index is 1440. The number of rotatable bonds is 8. The van der Waals surface area contributed by atoms with E-state index in [2.05, 4.69) is 84.8 Å². The first kappa shape index (κ1) is 22.4. The summed E-state index contributed by atoms with van der Waals surface area (Å²) in [5.74, 6) is -0.0681. The highest BCUT2D eigenvalue weighted by molar-refractivity contribution is 7.26. The van der Waals surface area contributed by atoms with E-state index in [1.807, 2.05) is 22.0 Å². The van der Waals surface area contributed by atoms with Crippen LogP contribution in [0.1, 0.15) is 50.0 Å². The van der Waals surface area contributed by atoms with E-state index >= 15 is 0 Å². The van der Waals surface area contributed by atoms with Crippen molar-refractivity contribution in [1.82, 2.24) is 14.9 Å². The molecular formula is C29H29N3OS. The zero-order valence-electron chi connectivity index (χ0n) is 19.6. The van der Waals surface area contributed by atoms with Crippen LogP contribution in [0, 0.1) is 0 Å². The average Bonchev–Trinajstić information content (AvgIpc) is 3.50. The number of carbonyl (C=O) groups excluding carboxylic acids is 1. The van der Waals surface area contributed by atoms with Crippen molar-refractivity contribution in [2.75, 3.05) is 0 Å². The minimum atomic E-state index is -0.0681. The third kappa shape index (κ3) is 4.24. The van der Waals surface area contributed by atoms with Crippen LogP contribution in [0.15, 0.2) is 79.3 Å². The van der Waals surface area contributed by atoms with Crippen molar-refractivity contribution in [3.63, 3.8) is 0 Å². The topological polar surface area (TPSA) is 46.9 Å². The molecule has 5 aromatic rings. The lowest BCUT2D eigenvalue weighted by Gasteiger charge is -2.18. The van der Waals surface area contributed by atoms with Gasteiger partial charge in [-0.3, -0.25) is 9.36 Å². The quantitative estimate of drug-likeness (QED) is 0.255. The van der Waals surface area contributed by atoms with E-state index < -0.39 is 0 Å². The molecule has 0 saturated heterocycles. The molecule has 34 heavy (non-hydrogen) atoms. The van der Waals surface area contributed by atoms with Crippen LogP contribution in [0.4, 0.5) is 0 Å². The summed E-state index contributed by atoms with van der Waals surface area (Å²) in [5.41, 5.74) is 3.83. The molecule has 2 heterocycles. The van der Waals surface area contributed by atoms with Crippen LogP contribution in [0.3, 0.4) is 0 Å². The number of imidazole rings is 1. The molecule has 5 rings (SSSR count). The van der Waals surface area contributed by atoms with Gasteiger partial charge in [0.1, 0.15) is 5.69 Å². The number of benzene rings is 3. The van der Waals surface area contributed by atoms with Gasteiger partial charge in [0.15, 0.2) is 0 Å². The number of nitrogens with zero attached hydrogens (tertiary/aromatic N) is 2. The lowest BCUT2D eigenvalue weighted by molar-refractivity contribution is 0.0925. The first-order valence-electron chi connectivity index (χ1n) is 12.0. The SMILES string of the molecule is CCCC(CCC)NC(=O)c1cncn1-c1cccc(-c2cccc3c2sc2ccccc23)c1. The van der Waals surface area contributed by atoms with Crippen molar-refractivity contribution >= 4 is 37.4 Å². The summed E-state index contributed by atoms with van der Waals surface area (Å²) in [7, 11) is 0. The fourth-order valence-electron chi connectivity index (χ4n) is 4.71. The van der Waals surface area contributed by atoms with E-state index in [1.54, 1.807) is 12.5 Å². The van der Waals surface area contributed by atoms with Crippen molar-refractivity contribution in [2.45, 2.75) is 45.6 Å². The summed E-state index contributed by atoms with van der Waals surface area (Å²) in [6, 6.07) is 23.6. The number of hydrogen-bond acceptors (Lipinski definition) is 3. The smallest absolute Gasteiger partial charge is 0.270 e. The number of fused-ring (bicyclic) bond motifs is 3. The molecule has 0 aliphatic carbocycles. The highest BCUT2D eigenvalue weighted by Gasteiger charge is 2.18. The van der Waals surface area contributed by atoms with Gasteiger partial charge in [-0.25, -0.2) is 4.98 Å². The fourth-order valence-corrected chi connectivity index (χ4v) is 5.95. The second-order valence-corrected chi connectivity index (χ2v) is 9.78. The van der Waals surface area contributed by atoms with E-state index in [1.165, 1.54) is 25.7 Å². The summed E-state index contributed by atoms with van der Waals surface area (Å²) in [6.07, 6.45) is 7.46. The van der Waals surface area contributed by atoms with Crippen molar-refractivity contribution in [3.8, 4) is 16.8 Å². The monoisotopic (exact) mass is 467 g/mol. The van der Waals surface area contributed by atoms with E-state index in [-0.39, 0.29) is 11.9 Å². The highest BCUT2D eigenvalue weighted by Crippen LogP contribution is 2.40. The zero-order chi connectivity index (χ0) is 23.5. The van der Waals surface area contributed by atoms with E-state index in [0.717, 1.165) is 36.9 Å². The Morgan fingerprint density at radius 2 is 1.74 bits per heavy atom. The lowest BCUT2D eigenvalue weighted by atomic mass is 10.0. The lowest BCUT2D eigenvalue weighted by Crippen LogP contribution is -2.35. The summed E-state index contributed by atoms with van der Waals surface area (Å²) in [6.45, 7) is 4.31. The third-order valence-corrected chi connectivity index (χ3v) is 7.54. The molecule has 0 atom stereocenters. The Hall–Kier alpha value is -3.44. The Kier molecular flexibility index (Phi) is 6.45. The fraction of sp³-hybridized carbons (Fsp3) is 0.241. The summed E-state index contributed by atoms with van der Waals surface area (Å²) >= 11 is 1.83. The Labute approximate surface area is 204 Å². The second kappa shape index (κ2) is 9.82. The Morgan fingerprint density at radius 1 is 0.971 bits per heavy atom. The number of amides is 1. The maximum atomic E-state index is 13.1. The van der Waals surface area contributed by atoms with E-state index in [0.29, 0.717) is 5.69 Å². The largest absolute Gasteiger partial charge is 0.348 e. The minimum Gasteiger partial charge on any atom is -0.348 e. The van der Waals surface area contributed by atoms with Gasteiger partial charge in [-0.2, -0.15) is 0 Å². The number of hydrogen-bond donors (Lipinski definition) is 1. The third-order valence-electron chi connectivity index (χ3n) is 6.32. The van der Waals surface area contributed by atoms with Gasteiger partial charge in [-0.1, -0.05) is 75.2 Å². The van der Waals surface area contributed by atoms with Gasteiger partial charge < -0.3 is 5.32 Å². The van der Waals surface area contributed by atoms with Crippen LogP contribution in [0.5, 0.6) is 0 Å². The van der Waals surface area contributed by atoms with Gasteiger partial charge >= 0.3 is 0 Å². The molecule has 0 unspecified atom stereocenters. The molecule has 0 radical (unpaired) electrons. The minimum absolute atomic E-state index is 0.0681. The molecule has 4 nitrogen and oxygen atoms in total. The predicted molar refractivity (Wildman–Crippen MR) is 143 cm³/mol. The van der Waals surface area contributed by atoms with Crippen molar-refractivity contribution < 1.29 is 4.79 Å². The van der Waals surface area contributed by atoms with Crippen LogP contribution < -0.4 is 5.32 Å². The van der Waals surface area contributed by atoms with Gasteiger partial charge in [0.25, 0.3) is 5.91 Å². The van der Waals surface area contributed by atoms with Crippen molar-refractivity contribution in [2.24, 2.45) is 0 Å². The van der Waals surface area contributed by atoms with Crippen LogP contribution in [0.25, 0.3) is 37.0 Å². The maximum Gasteiger partial charge on any atom is 0.270 e. The van der Waals surface area contributed by atoms with Crippen LogP contribution in [-0.2, 0) is 0 Å². The number of thiophene rings is 1. The number of nitrogens with one attached hydrogen (secondary N) is 1. The maximum absolute atomic E-state index is 13.1. The van der Waals surface area contributed by atoms with E-state index in [4.69, 9.17) is 0 Å². The molecule has 0 spiro atoms. The molecule has 5 heteroatoms. The molecule has 0 fully saturated rings. The molecular weight excluding hydrogens is 438 g/mol. The molecule has 0 aliphatic rings. The second-order valence-electron chi connectivity index (χ2n) is 8.73. The number of aromatic nitrogens is 2. The normalized spacial score (nSPS) is 11.5. The molecule has 2 aromatic heterocycles. The predicted octanol–water partition coefficient (Wildman–Crippen LogP) is 7.61. The van der Waals surface area contributed by atoms with Crippen LogP contribution in [-0.4, -0.2) is 21.5 Å². The van der Waals surface area contributed by atoms with Gasteiger partial charge in [0, 0.05) is 31.9 Å². The van der Waals surface area contributed by atoms with Crippen LogP contribution >= 0.6 is 11.3 Å². The molecule has 0 bridgehead atoms. The van der Waals surface area contributed by atoms with Gasteiger partial charge in [0.2, 0.25) is 0 Å². The van der Waals surface area contributed by atoms with Crippen LogP contribution in [0.2, 0.25) is 0 Å². The summed E-state index contributed by atoms with van der Waals surface area (Å²) in [5, 5.41) is 5.79. The van der Waals surface area contributed by atoms with Gasteiger partial charge in [-0.15, -0.1) is 11.3 Å². The number of carbonyl (C=O) groups is 1. The first-order chi connectivity index (χ1) is 16.7. The van der Waals surface area contributed by atoms with Crippen molar-refractivity contribution in [3.05, 3.63) is 84.9 Å². The molecule has 172 valence electrons. The molecule has 0 aliphatic heterocycles. The van der Waals surface area contributed by atoms with Gasteiger partial charge in [0.05, 0.1) is 12.5 Å². The zero-order valence-corrected chi connectivity index (χ0v) is 20.4. The Balaban J connectivity index is 1.51. The molecule has 1 N–H and O–H groups in total. The summed E-state index contributed by atoms with van der Waals surface area (Å²) < 4.78 is 4.47. The Morgan fingerprint density at radius 3 is 2.56 bits per heavy atom. The van der Waals surface area contributed by atoms with E-state index in [9.17, 15) is 4.79 Å². The molecule has 3 aromatic carbocycles. The van der Waals surface area contributed by atoms with Crippen molar-refractivity contribution in [1.29, 1.82) is 0 Å². The average molecular weight is 468 g/mol. The standard InChI is InChI=1S/C29H29N3OS/c1-3-9-21(10-4-2)31-29(33)26-18-30-19-32(26)22-12-7-11-20(17-22)23-14-8-15-25-24-13-5-6-16-27(24)34-28(23)25/h5-8,11-19,21H,3-4,9-10H2,1-2H3,(H,31,33). The van der Waals surface area contributed by atoms with Gasteiger partial charge in [-0.05, 0) is 42.2 Å². The first-order valence-corrected chi connectivity index (χ1v) is 12.9. The molecule has 0 saturated carbocycles. The molecule has 1 amide bonds.